The predicted octanol–water partition coefficient (Wildman–Crippen LogP) is -2.06. The molecule has 0 aromatic carbocycles. The van der Waals surface area contributed by atoms with E-state index in [0.717, 1.165) is 0 Å². The molecule has 1 fully saturated rings. The molecule has 0 aliphatic carbocycles. The number of nitrogens with zero attached hydrogens (tertiary/aromatic N) is 1. The molecular formula is C23H42N6O7S. The number of nitrogens with one attached hydrogen (secondary N) is 3. The lowest BCUT2D eigenvalue weighted by molar-refractivity contribution is -0.149. The molecule has 0 saturated carbocycles. The molecule has 13 nitrogen and oxygen atoms in total. The van der Waals surface area contributed by atoms with E-state index in [1.165, 1.54) is 4.90 Å². The number of hydrogen-bond acceptors (Lipinski definition) is 9. The lowest BCUT2D eigenvalue weighted by atomic mass is 10.0. The Labute approximate surface area is 222 Å². The second kappa shape index (κ2) is 16.4. The maximum atomic E-state index is 13.3. The fourth-order valence-electron chi connectivity index (χ4n) is 4.04. The van der Waals surface area contributed by atoms with Crippen molar-refractivity contribution in [1.82, 2.24) is 20.9 Å². The van der Waals surface area contributed by atoms with Crippen molar-refractivity contribution in [2.24, 2.45) is 17.4 Å². The number of nitrogens with two attached hydrogens (primary N) is 2. The number of carbonyl (C=O) groups excluding carboxylic acids is 4. The topological polar surface area (TPSA) is 217 Å². The molecule has 1 heterocycles. The summed E-state index contributed by atoms with van der Waals surface area (Å²) in [6, 6.07) is -5.35. The Morgan fingerprint density at radius 2 is 1.59 bits per heavy atom. The summed E-state index contributed by atoms with van der Waals surface area (Å²) in [4.78, 5) is 64.2. The number of rotatable bonds is 16. The van der Waals surface area contributed by atoms with Crippen molar-refractivity contribution in [3.8, 4) is 0 Å². The molecule has 4 amide bonds. The molecular weight excluding hydrogens is 504 g/mol. The molecule has 1 aliphatic heterocycles. The highest BCUT2D eigenvalue weighted by Gasteiger charge is 2.38. The minimum Gasteiger partial charge on any atom is -0.480 e. The van der Waals surface area contributed by atoms with Gasteiger partial charge in [0.15, 0.2) is 0 Å². The molecule has 0 aromatic rings. The van der Waals surface area contributed by atoms with E-state index in [9.17, 15) is 34.2 Å². The highest BCUT2D eigenvalue weighted by Crippen LogP contribution is 2.20. The van der Waals surface area contributed by atoms with Gasteiger partial charge >= 0.3 is 5.97 Å². The third-order valence-corrected chi connectivity index (χ3v) is 6.46. The monoisotopic (exact) mass is 546 g/mol. The van der Waals surface area contributed by atoms with Gasteiger partial charge in [0.1, 0.15) is 24.2 Å². The molecule has 1 aliphatic rings. The SMILES string of the molecule is CC(C)CC(NC(=O)C(CCCCN)NC(=O)C(CO)NC(=O)C(N)CS)C(=O)N1CCCC1C(=O)O. The van der Waals surface area contributed by atoms with Crippen LogP contribution in [0.25, 0.3) is 0 Å². The third-order valence-electron chi connectivity index (χ3n) is 6.07. The lowest BCUT2D eigenvalue weighted by Crippen LogP contribution is -2.59. The van der Waals surface area contributed by atoms with Crippen molar-refractivity contribution < 1.29 is 34.2 Å². The number of unbranched alkanes of at least 4 members (excludes halogenated alkanes) is 1. The number of carboxylic acid groups (broad SMARTS) is 1. The fourth-order valence-corrected chi connectivity index (χ4v) is 4.21. The summed E-state index contributed by atoms with van der Waals surface area (Å²) in [5, 5.41) is 26.6. The van der Waals surface area contributed by atoms with Crippen molar-refractivity contribution in [2.45, 2.75) is 82.6 Å². The molecule has 5 unspecified atom stereocenters. The molecule has 0 spiro atoms. The zero-order valence-electron chi connectivity index (χ0n) is 21.5. The number of thiol groups is 1. The largest absolute Gasteiger partial charge is 0.480 e. The molecule has 5 atom stereocenters. The maximum Gasteiger partial charge on any atom is 0.326 e. The quantitative estimate of drug-likeness (QED) is 0.0787. The molecule has 1 saturated heterocycles. The van der Waals surface area contributed by atoms with E-state index in [4.69, 9.17) is 11.5 Å². The standard InChI is InChI=1S/C23H42N6O7S/c1-13(2)10-16(22(34)29-9-5-7-18(29)23(35)36)27-20(32)15(6-3-4-8-24)26-21(33)17(11-30)28-19(31)14(25)12-37/h13-18,30,37H,3-12,24-25H2,1-2H3,(H,26,33)(H,27,32)(H,28,31)(H,35,36). The first-order valence-electron chi connectivity index (χ1n) is 12.6. The van der Waals surface area contributed by atoms with Crippen LogP contribution >= 0.6 is 12.6 Å². The highest BCUT2D eigenvalue weighted by atomic mass is 32.1. The molecule has 9 N–H and O–H groups in total. The van der Waals surface area contributed by atoms with Crippen molar-refractivity contribution in [3.63, 3.8) is 0 Å². The van der Waals surface area contributed by atoms with Crippen LogP contribution in [0.15, 0.2) is 0 Å². The number of hydrogen-bond donors (Lipinski definition) is 8. The van der Waals surface area contributed by atoms with Gasteiger partial charge in [0, 0.05) is 12.3 Å². The van der Waals surface area contributed by atoms with E-state index < -0.39 is 66.4 Å². The number of carbonyl (C=O) groups is 5. The van der Waals surface area contributed by atoms with Gasteiger partial charge in [-0.2, -0.15) is 12.6 Å². The summed E-state index contributed by atoms with van der Waals surface area (Å²) in [6.07, 6.45) is 2.43. The van der Waals surface area contributed by atoms with Crippen LogP contribution in [0.5, 0.6) is 0 Å². The van der Waals surface area contributed by atoms with Gasteiger partial charge in [-0.3, -0.25) is 19.2 Å². The lowest BCUT2D eigenvalue weighted by Gasteiger charge is -2.30. The fraction of sp³-hybridized carbons (Fsp3) is 0.783. The van der Waals surface area contributed by atoms with Crippen LogP contribution in [-0.4, -0.2) is 100 Å². The van der Waals surface area contributed by atoms with E-state index in [1.54, 1.807) is 0 Å². The number of aliphatic hydroxyl groups excluding tert-OH is 1. The summed E-state index contributed by atoms with van der Waals surface area (Å²) in [5.74, 6) is -3.66. The number of aliphatic carboxylic acids is 1. The average molecular weight is 547 g/mol. The van der Waals surface area contributed by atoms with Crippen LogP contribution in [0.2, 0.25) is 0 Å². The molecule has 14 heteroatoms. The zero-order chi connectivity index (χ0) is 28.1. The van der Waals surface area contributed by atoms with Gasteiger partial charge in [-0.1, -0.05) is 13.8 Å². The van der Waals surface area contributed by atoms with Crippen molar-refractivity contribution in [2.75, 3.05) is 25.4 Å². The van der Waals surface area contributed by atoms with Crippen LogP contribution in [0.4, 0.5) is 0 Å². The Morgan fingerprint density at radius 1 is 1.00 bits per heavy atom. The Kier molecular flexibility index (Phi) is 14.5. The van der Waals surface area contributed by atoms with Gasteiger partial charge in [-0.25, -0.2) is 4.79 Å². The minimum absolute atomic E-state index is 0.00966. The number of amides is 4. The van der Waals surface area contributed by atoms with Gasteiger partial charge in [0.2, 0.25) is 23.6 Å². The second-order valence-electron chi connectivity index (χ2n) is 9.60. The molecule has 1 rings (SSSR count). The van der Waals surface area contributed by atoms with E-state index >= 15 is 0 Å². The van der Waals surface area contributed by atoms with Gasteiger partial charge in [0.25, 0.3) is 0 Å². The van der Waals surface area contributed by atoms with Crippen molar-refractivity contribution in [1.29, 1.82) is 0 Å². The summed E-state index contributed by atoms with van der Waals surface area (Å²) >= 11 is 3.93. The Bertz CT molecular complexity index is 800. The van der Waals surface area contributed by atoms with Gasteiger partial charge in [0.05, 0.1) is 12.6 Å². The Balaban J connectivity index is 3.04. The van der Waals surface area contributed by atoms with Crippen LogP contribution in [0.1, 0.15) is 52.4 Å². The van der Waals surface area contributed by atoms with E-state index in [1.807, 2.05) is 13.8 Å². The van der Waals surface area contributed by atoms with Gasteiger partial charge in [-0.15, -0.1) is 0 Å². The summed E-state index contributed by atoms with van der Waals surface area (Å²) < 4.78 is 0. The van der Waals surface area contributed by atoms with Crippen LogP contribution in [0.3, 0.4) is 0 Å². The summed E-state index contributed by atoms with van der Waals surface area (Å²) in [7, 11) is 0. The molecule has 0 bridgehead atoms. The summed E-state index contributed by atoms with van der Waals surface area (Å²) in [6.45, 7) is 3.67. The Hall–Kier alpha value is -2.42. The Morgan fingerprint density at radius 3 is 2.14 bits per heavy atom. The van der Waals surface area contributed by atoms with Gasteiger partial charge in [-0.05, 0) is 51.0 Å². The predicted molar refractivity (Wildman–Crippen MR) is 139 cm³/mol. The smallest absolute Gasteiger partial charge is 0.326 e. The first kappa shape index (κ1) is 32.6. The molecule has 212 valence electrons. The number of aliphatic hydroxyl groups is 1. The van der Waals surface area contributed by atoms with Crippen LogP contribution < -0.4 is 27.4 Å². The number of carboxylic acids is 1. The highest BCUT2D eigenvalue weighted by molar-refractivity contribution is 7.80. The summed E-state index contributed by atoms with van der Waals surface area (Å²) in [5.41, 5.74) is 11.2. The van der Waals surface area contributed by atoms with Gasteiger partial charge < -0.3 is 42.5 Å². The van der Waals surface area contributed by atoms with E-state index in [0.29, 0.717) is 32.2 Å². The first-order chi connectivity index (χ1) is 17.5. The maximum absolute atomic E-state index is 13.3. The first-order valence-corrected chi connectivity index (χ1v) is 13.2. The third kappa shape index (κ3) is 10.5. The minimum atomic E-state index is -1.35. The average Bonchev–Trinajstić information content (AvgIpc) is 3.35. The van der Waals surface area contributed by atoms with Crippen molar-refractivity contribution in [3.05, 3.63) is 0 Å². The normalized spacial score (nSPS) is 18.6. The molecule has 0 radical (unpaired) electrons. The van der Waals surface area contributed by atoms with Crippen LogP contribution in [0, 0.1) is 5.92 Å². The second-order valence-corrected chi connectivity index (χ2v) is 9.96. The van der Waals surface area contributed by atoms with Crippen LogP contribution in [-0.2, 0) is 24.0 Å². The van der Waals surface area contributed by atoms with E-state index in [-0.39, 0.29) is 31.1 Å². The zero-order valence-corrected chi connectivity index (χ0v) is 22.4. The van der Waals surface area contributed by atoms with Crippen molar-refractivity contribution >= 4 is 42.2 Å². The van der Waals surface area contributed by atoms with E-state index in [2.05, 4.69) is 28.6 Å². The molecule has 37 heavy (non-hydrogen) atoms. The molecule has 0 aromatic heterocycles. The number of likely N-dealkylation sites (tertiary alicyclic amines) is 1.